The molecule has 0 bridgehead atoms. The molecule has 0 radical (unpaired) electrons. The van der Waals surface area contributed by atoms with E-state index < -0.39 is 11.6 Å². The normalized spacial score (nSPS) is 33.1. The Balaban J connectivity index is 1.88. The Hall–Kier alpha value is -1.68. The molecule has 2 fully saturated rings. The lowest BCUT2D eigenvalue weighted by molar-refractivity contribution is -0.178. The molecule has 192 valence electrons. The smallest absolute Gasteiger partial charge is 0.331 e. The Bertz CT molecular complexity index is 829. The van der Waals surface area contributed by atoms with E-state index in [1.54, 1.807) is 19.1 Å². The summed E-state index contributed by atoms with van der Waals surface area (Å²) >= 11 is 0. The molecule has 0 aliphatic heterocycles. The van der Waals surface area contributed by atoms with Crippen LogP contribution in [-0.4, -0.2) is 27.6 Å². The summed E-state index contributed by atoms with van der Waals surface area (Å²) in [6, 6.07) is 0. The maximum Gasteiger partial charge on any atom is 0.331 e. The lowest BCUT2D eigenvalue weighted by Gasteiger charge is -2.60. The van der Waals surface area contributed by atoms with Gasteiger partial charge in [-0.3, -0.25) is 4.79 Å². The van der Waals surface area contributed by atoms with Crippen LogP contribution >= 0.6 is 0 Å². The number of carboxylic acid groups (broad SMARTS) is 1. The second-order valence-corrected chi connectivity index (χ2v) is 12.2. The van der Waals surface area contributed by atoms with Gasteiger partial charge in [-0.05, 0) is 82.5 Å². The Morgan fingerprint density at radius 1 is 1.15 bits per heavy atom. The number of hydrogen-bond acceptors (Lipinski definition) is 3. The molecule has 4 nitrogen and oxygen atoms in total. The molecular formula is C30H48O4. The average Bonchev–Trinajstić information content (AvgIpc) is 2.72. The van der Waals surface area contributed by atoms with Gasteiger partial charge in [0, 0.05) is 17.4 Å². The van der Waals surface area contributed by atoms with Crippen molar-refractivity contribution in [2.75, 3.05) is 0 Å². The number of allylic oxidation sites excluding steroid dienone is 5. The summed E-state index contributed by atoms with van der Waals surface area (Å²) < 4.78 is 0. The number of Topliss-reactive ketones (excluding diaryl/α,β-unsaturated/α-hetero) is 1. The van der Waals surface area contributed by atoms with Crippen LogP contribution in [0.4, 0.5) is 0 Å². The van der Waals surface area contributed by atoms with Gasteiger partial charge < -0.3 is 10.2 Å². The van der Waals surface area contributed by atoms with E-state index in [2.05, 4.69) is 33.8 Å². The van der Waals surface area contributed by atoms with Gasteiger partial charge in [-0.25, -0.2) is 4.79 Å². The number of carbonyl (C=O) groups excluding carboxylic acids is 1. The molecule has 2 N–H and O–H groups in total. The molecule has 2 rings (SSSR count). The summed E-state index contributed by atoms with van der Waals surface area (Å²) in [5, 5.41) is 20.2. The monoisotopic (exact) mass is 472 g/mol. The minimum Gasteiger partial charge on any atom is -0.478 e. The van der Waals surface area contributed by atoms with Crippen LogP contribution in [0.15, 0.2) is 35.5 Å². The molecule has 34 heavy (non-hydrogen) atoms. The van der Waals surface area contributed by atoms with E-state index >= 15 is 0 Å². The first-order valence-electron chi connectivity index (χ1n) is 13.2. The van der Waals surface area contributed by atoms with E-state index in [0.717, 1.165) is 56.9 Å². The largest absolute Gasteiger partial charge is 0.478 e. The molecule has 0 aromatic carbocycles. The summed E-state index contributed by atoms with van der Waals surface area (Å²) in [6.45, 7) is 14.6. The van der Waals surface area contributed by atoms with Crippen LogP contribution in [0.3, 0.4) is 0 Å². The lowest BCUT2D eigenvalue weighted by Crippen LogP contribution is -2.59. The van der Waals surface area contributed by atoms with E-state index in [1.807, 2.05) is 19.9 Å². The number of fused-ring (bicyclic) bond motifs is 1. The molecular weight excluding hydrogens is 424 g/mol. The first kappa shape index (κ1) is 28.6. The topological polar surface area (TPSA) is 74.6 Å². The van der Waals surface area contributed by atoms with Crippen molar-refractivity contribution in [1.29, 1.82) is 0 Å². The van der Waals surface area contributed by atoms with Crippen LogP contribution in [0.25, 0.3) is 0 Å². The van der Waals surface area contributed by atoms with E-state index in [4.69, 9.17) is 5.11 Å². The van der Waals surface area contributed by atoms with Gasteiger partial charge in [-0.2, -0.15) is 0 Å². The fourth-order valence-electron chi connectivity index (χ4n) is 6.86. The predicted molar refractivity (Wildman–Crippen MR) is 140 cm³/mol. The fourth-order valence-corrected chi connectivity index (χ4v) is 6.86. The zero-order valence-corrected chi connectivity index (χ0v) is 22.6. The van der Waals surface area contributed by atoms with Crippen LogP contribution in [0.1, 0.15) is 106 Å². The number of rotatable bonds is 10. The minimum atomic E-state index is -0.889. The standard InChI is InChI=1S/C30H48O4/c1-21(13-9-15-23(3)27(32)33)11-8-12-22(2)14-10-16-25-29(6)19-18-26(31)28(4,5)24(29)17-20-30(25,7)34/h9,11,13,15,22,24-25,34H,8,10,12,14,16-20H2,1-7H3,(H,32,33)/b13-9+,21-11+,23-15+. The third-order valence-electron chi connectivity index (χ3n) is 9.12. The molecule has 2 saturated carbocycles. The Kier molecular flexibility index (Phi) is 9.55. The first-order chi connectivity index (χ1) is 15.7. The van der Waals surface area contributed by atoms with Crippen molar-refractivity contribution in [3.05, 3.63) is 35.5 Å². The number of hydrogen-bond donors (Lipinski definition) is 2. The molecule has 0 aromatic heterocycles. The first-order valence-corrected chi connectivity index (χ1v) is 13.2. The maximum atomic E-state index is 12.6. The second kappa shape index (κ2) is 11.4. The maximum absolute atomic E-state index is 12.6. The molecule has 4 heteroatoms. The van der Waals surface area contributed by atoms with Crippen molar-refractivity contribution in [1.82, 2.24) is 0 Å². The molecule has 2 aliphatic rings. The molecule has 5 unspecified atom stereocenters. The van der Waals surface area contributed by atoms with Crippen LogP contribution < -0.4 is 0 Å². The van der Waals surface area contributed by atoms with Gasteiger partial charge in [0.2, 0.25) is 0 Å². The molecule has 5 atom stereocenters. The van der Waals surface area contributed by atoms with E-state index in [9.17, 15) is 14.7 Å². The quantitative estimate of drug-likeness (QED) is 0.259. The number of ketones is 1. The third kappa shape index (κ3) is 6.71. The average molecular weight is 473 g/mol. The highest BCUT2D eigenvalue weighted by atomic mass is 16.4. The second-order valence-electron chi connectivity index (χ2n) is 12.2. The van der Waals surface area contributed by atoms with Crippen molar-refractivity contribution in [3.8, 4) is 0 Å². The number of aliphatic carboxylic acids is 1. The van der Waals surface area contributed by atoms with E-state index in [-0.39, 0.29) is 16.7 Å². The molecule has 0 saturated heterocycles. The summed E-state index contributed by atoms with van der Waals surface area (Å²) in [5.41, 5.74) is 0.578. The Morgan fingerprint density at radius 2 is 1.82 bits per heavy atom. The number of aliphatic hydroxyl groups is 1. The zero-order valence-electron chi connectivity index (χ0n) is 22.6. The van der Waals surface area contributed by atoms with Crippen LogP contribution in [0, 0.1) is 28.6 Å². The van der Waals surface area contributed by atoms with Gasteiger partial charge in [0.15, 0.2) is 0 Å². The molecule has 2 aliphatic carbocycles. The van der Waals surface area contributed by atoms with Gasteiger partial charge >= 0.3 is 5.97 Å². The minimum absolute atomic E-state index is 0.0298. The highest BCUT2D eigenvalue weighted by Gasteiger charge is 2.59. The number of carbonyl (C=O) groups is 2. The molecule has 0 heterocycles. The predicted octanol–water partition coefficient (Wildman–Crippen LogP) is 7.28. The van der Waals surface area contributed by atoms with Gasteiger partial charge in [0.1, 0.15) is 5.78 Å². The zero-order chi connectivity index (χ0) is 25.7. The van der Waals surface area contributed by atoms with Gasteiger partial charge in [-0.1, -0.05) is 70.4 Å². The van der Waals surface area contributed by atoms with Gasteiger partial charge in [0.05, 0.1) is 5.60 Å². The molecule has 0 spiro atoms. The SMILES string of the molecule is CC(/C=C/C=C(\C)C(=O)O)=C\CCC(C)CCCC1C(C)(O)CCC2C(C)(C)C(=O)CCC12C. The van der Waals surface area contributed by atoms with Crippen molar-refractivity contribution in [2.45, 2.75) is 112 Å². The van der Waals surface area contributed by atoms with Gasteiger partial charge in [-0.15, -0.1) is 0 Å². The summed E-state index contributed by atoms with van der Waals surface area (Å²) in [5.74, 6) is 0.728. The Morgan fingerprint density at radius 3 is 2.47 bits per heavy atom. The number of carboxylic acids is 1. The van der Waals surface area contributed by atoms with Crippen molar-refractivity contribution < 1.29 is 19.8 Å². The lowest BCUT2D eigenvalue weighted by atomic mass is 9.45. The Labute approximate surface area is 207 Å². The summed E-state index contributed by atoms with van der Waals surface area (Å²) in [7, 11) is 0. The van der Waals surface area contributed by atoms with Crippen molar-refractivity contribution >= 4 is 11.8 Å². The third-order valence-corrected chi connectivity index (χ3v) is 9.12. The molecule has 0 amide bonds. The van der Waals surface area contributed by atoms with Crippen LogP contribution in [0.5, 0.6) is 0 Å². The van der Waals surface area contributed by atoms with E-state index in [0.29, 0.717) is 29.6 Å². The van der Waals surface area contributed by atoms with E-state index in [1.165, 1.54) is 0 Å². The highest BCUT2D eigenvalue weighted by molar-refractivity contribution is 5.86. The van der Waals surface area contributed by atoms with Gasteiger partial charge in [0.25, 0.3) is 0 Å². The van der Waals surface area contributed by atoms with Crippen molar-refractivity contribution in [2.24, 2.45) is 28.6 Å². The highest BCUT2D eigenvalue weighted by Crippen LogP contribution is 2.62. The van der Waals surface area contributed by atoms with Crippen molar-refractivity contribution in [3.63, 3.8) is 0 Å². The summed E-state index contributed by atoms with van der Waals surface area (Å²) in [6.07, 6.45) is 16.3. The van der Waals surface area contributed by atoms with Crippen LogP contribution in [0.2, 0.25) is 0 Å². The fraction of sp³-hybridized carbons (Fsp3) is 0.733. The summed E-state index contributed by atoms with van der Waals surface area (Å²) in [4.78, 5) is 23.5. The van der Waals surface area contributed by atoms with Crippen LogP contribution in [-0.2, 0) is 9.59 Å². The molecule has 0 aromatic rings.